The standard InChI is InChI=1S/C27H18N6O2S2/c1-15(37-26-20(13-29)23(22-7-4-10-35-22)19(12-28)24(30)32-26)25(34)33-27-31-21(14-36-27)18-9-8-16-5-2-3-6-17(16)11-18/h2-11,14-15H,1H3,(H2,30,32)(H,31,33,34). The summed E-state index contributed by atoms with van der Waals surface area (Å²) >= 11 is 2.40. The zero-order valence-corrected chi connectivity index (χ0v) is 21.1. The summed E-state index contributed by atoms with van der Waals surface area (Å²) in [6.07, 6.45) is 1.44. The molecule has 3 heterocycles. The normalized spacial score (nSPS) is 11.5. The number of hydrogen-bond donors (Lipinski definition) is 2. The van der Waals surface area contributed by atoms with Crippen LogP contribution in [0.4, 0.5) is 10.9 Å². The number of aromatic nitrogens is 2. The Morgan fingerprint density at radius 3 is 2.59 bits per heavy atom. The molecule has 0 bridgehead atoms. The Hall–Kier alpha value is -4.64. The molecule has 0 radical (unpaired) electrons. The van der Waals surface area contributed by atoms with Gasteiger partial charge in [0.1, 0.15) is 34.3 Å². The number of benzene rings is 2. The van der Waals surface area contributed by atoms with Gasteiger partial charge in [0.15, 0.2) is 5.13 Å². The number of nitrogens with zero attached hydrogens (tertiary/aromatic N) is 4. The molecule has 37 heavy (non-hydrogen) atoms. The molecule has 5 aromatic rings. The lowest BCUT2D eigenvalue weighted by Gasteiger charge is -2.14. The number of carbonyl (C=O) groups excluding carboxylic acids is 1. The van der Waals surface area contributed by atoms with Gasteiger partial charge >= 0.3 is 0 Å². The van der Waals surface area contributed by atoms with Crippen molar-refractivity contribution in [3.05, 3.63) is 77.4 Å². The minimum absolute atomic E-state index is 0.0389. The molecule has 1 atom stereocenters. The number of nitriles is 2. The Labute approximate surface area is 220 Å². The van der Waals surface area contributed by atoms with Crippen LogP contribution in [0.15, 0.2) is 75.7 Å². The minimum atomic E-state index is -0.635. The van der Waals surface area contributed by atoms with Gasteiger partial charge in [0.2, 0.25) is 5.91 Å². The number of nitrogens with one attached hydrogen (secondary N) is 1. The van der Waals surface area contributed by atoms with Crippen LogP contribution in [0.3, 0.4) is 0 Å². The van der Waals surface area contributed by atoms with Crippen LogP contribution in [0.2, 0.25) is 0 Å². The first-order valence-electron chi connectivity index (χ1n) is 11.1. The summed E-state index contributed by atoms with van der Waals surface area (Å²) in [5.41, 5.74) is 8.19. The molecule has 0 aliphatic heterocycles. The molecule has 3 aromatic heterocycles. The van der Waals surface area contributed by atoms with Crippen LogP contribution in [0.1, 0.15) is 18.1 Å². The zero-order chi connectivity index (χ0) is 25.9. The summed E-state index contributed by atoms with van der Waals surface area (Å²) in [5.74, 6) is -0.0225. The van der Waals surface area contributed by atoms with Crippen molar-refractivity contribution in [2.24, 2.45) is 0 Å². The number of furan rings is 1. The molecule has 0 aliphatic rings. The SMILES string of the molecule is CC(Sc1nc(N)c(C#N)c(-c2ccco2)c1C#N)C(=O)Nc1nc(-c2ccc3ccccc3c2)cs1. The lowest BCUT2D eigenvalue weighted by atomic mass is 10.0. The summed E-state index contributed by atoms with van der Waals surface area (Å²) < 4.78 is 5.43. The van der Waals surface area contributed by atoms with Crippen molar-refractivity contribution in [1.29, 1.82) is 10.5 Å². The van der Waals surface area contributed by atoms with Crippen molar-refractivity contribution in [2.75, 3.05) is 11.1 Å². The Morgan fingerprint density at radius 1 is 1.08 bits per heavy atom. The van der Waals surface area contributed by atoms with Gasteiger partial charge in [-0.15, -0.1) is 11.3 Å². The number of pyridine rings is 1. The van der Waals surface area contributed by atoms with Crippen LogP contribution >= 0.6 is 23.1 Å². The highest BCUT2D eigenvalue weighted by Crippen LogP contribution is 2.37. The minimum Gasteiger partial charge on any atom is -0.464 e. The van der Waals surface area contributed by atoms with Crippen LogP contribution in [0, 0.1) is 22.7 Å². The van der Waals surface area contributed by atoms with E-state index in [4.69, 9.17) is 10.2 Å². The van der Waals surface area contributed by atoms with Gasteiger partial charge in [-0.25, -0.2) is 9.97 Å². The van der Waals surface area contributed by atoms with Crippen molar-refractivity contribution >= 4 is 50.7 Å². The van der Waals surface area contributed by atoms with Crippen LogP contribution in [-0.2, 0) is 4.79 Å². The molecule has 5 rings (SSSR count). The maximum absolute atomic E-state index is 13.0. The maximum Gasteiger partial charge on any atom is 0.239 e. The molecule has 0 aliphatic carbocycles. The Balaban J connectivity index is 1.36. The van der Waals surface area contributed by atoms with E-state index in [1.165, 1.54) is 17.6 Å². The summed E-state index contributed by atoms with van der Waals surface area (Å²) in [5, 5.41) is 26.5. The Kier molecular flexibility index (Phi) is 6.60. The van der Waals surface area contributed by atoms with E-state index in [9.17, 15) is 15.3 Å². The van der Waals surface area contributed by atoms with Gasteiger partial charge < -0.3 is 15.5 Å². The predicted octanol–water partition coefficient (Wildman–Crippen LogP) is 6.06. The number of anilines is 2. The quantitative estimate of drug-likeness (QED) is 0.256. The lowest BCUT2D eigenvalue weighted by molar-refractivity contribution is -0.115. The van der Waals surface area contributed by atoms with Gasteiger partial charge in [-0.2, -0.15) is 10.5 Å². The molecule has 1 unspecified atom stereocenters. The smallest absolute Gasteiger partial charge is 0.239 e. The fourth-order valence-corrected chi connectivity index (χ4v) is 5.43. The molecule has 1 amide bonds. The van der Waals surface area contributed by atoms with Gasteiger partial charge in [-0.05, 0) is 35.9 Å². The largest absolute Gasteiger partial charge is 0.464 e. The van der Waals surface area contributed by atoms with Gasteiger partial charge in [-0.1, -0.05) is 48.2 Å². The topological polar surface area (TPSA) is 142 Å². The average molecular weight is 523 g/mol. The van der Waals surface area contributed by atoms with Gasteiger partial charge in [-0.3, -0.25) is 4.79 Å². The number of fused-ring (bicyclic) bond motifs is 1. The molecular weight excluding hydrogens is 504 g/mol. The molecule has 2 aromatic carbocycles. The average Bonchev–Trinajstić information content (AvgIpc) is 3.61. The lowest BCUT2D eigenvalue weighted by Crippen LogP contribution is -2.22. The fraction of sp³-hybridized carbons (Fsp3) is 0.0741. The van der Waals surface area contributed by atoms with Gasteiger partial charge in [0.05, 0.1) is 28.3 Å². The van der Waals surface area contributed by atoms with Gasteiger partial charge in [0, 0.05) is 10.9 Å². The number of thioether (sulfide) groups is 1. The molecule has 0 spiro atoms. The summed E-state index contributed by atoms with van der Waals surface area (Å²) in [6, 6.07) is 21.6. The second-order valence-corrected chi connectivity index (χ2v) is 10.2. The second kappa shape index (κ2) is 10.2. The first-order valence-corrected chi connectivity index (χ1v) is 12.8. The van der Waals surface area contributed by atoms with Crippen molar-refractivity contribution in [3.8, 4) is 34.7 Å². The van der Waals surface area contributed by atoms with E-state index in [-0.39, 0.29) is 33.4 Å². The molecule has 0 saturated carbocycles. The number of hydrogen-bond acceptors (Lipinski definition) is 9. The van der Waals surface area contributed by atoms with Crippen LogP contribution in [0.5, 0.6) is 0 Å². The molecule has 180 valence electrons. The molecule has 0 fully saturated rings. The van der Waals surface area contributed by atoms with E-state index in [1.54, 1.807) is 19.1 Å². The highest BCUT2D eigenvalue weighted by molar-refractivity contribution is 8.00. The van der Waals surface area contributed by atoms with E-state index in [1.807, 2.05) is 41.8 Å². The molecule has 0 saturated heterocycles. The van der Waals surface area contributed by atoms with Crippen molar-refractivity contribution in [2.45, 2.75) is 17.2 Å². The first kappa shape index (κ1) is 24.1. The first-order chi connectivity index (χ1) is 18.0. The van der Waals surface area contributed by atoms with E-state index in [0.717, 1.165) is 33.8 Å². The van der Waals surface area contributed by atoms with Crippen molar-refractivity contribution in [3.63, 3.8) is 0 Å². The van der Waals surface area contributed by atoms with E-state index in [0.29, 0.717) is 10.9 Å². The van der Waals surface area contributed by atoms with E-state index < -0.39 is 5.25 Å². The van der Waals surface area contributed by atoms with Crippen LogP contribution in [0.25, 0.3) is 33.4 Å². The number of nitrogen functional groups attached to an aromatic ring is 1. The fourth-order valence-electron chi connectivity index (χ4n) is 3.79. The Bertz CT molecular complexity index is 1710. The molecular formula is C27H18N6O2S2. The van der Waals surface area contributed by atoms with Crippen molar-refractivity contribution in [1.82, 2.24) is 9.97 Å². The summed E-state index contributed by atoms with van der Waals surface area (Å²) in [6.45, 7) is 1.70. The number of amides is 1. The monoisotopic (exact) mass is 522 g/mol. The summed E-state index contributed by atoms with van der Waals surface area (Å²) in [4.78, 5) is 21.8. The van der Waals surface area contributed by atoms with E-state index in [2.05, 4.69) is 33.5 Å². The van der Waals surface area contributed by atoms with E-state index >= 15 is 0 Å². The highest BCUT2D eigenvalue weighted by Gasteiger charge is 2.25. The van der Waals surface area contributed by atoms with Crippen LogP contribution in [-0.4, -0.2) is 21.1 Å². The molecule has 3 N–H and O–H groups in total. The third-order valence-corrected chi connectivity index (χ3v) is 7.46. The predicted molar refractivity (Wildman–Crippen MR) is 145 cm³/mol. The second-order valence-electron chi connectivity index (χ2n) is 7.98. The highest BCUT2D eigenvalue weighted by atomic mass is 32.2. The summed E-state index contributed by atoms with van der Waals surface area (Å²) in [7, 11) is 0. The number of thiazole rings is 1. The number of nitrogens with two attached hydrogens (primary N) is 1. The molecule has 10 heteroatoms. The number of rotatable bonds is 6. The molecule has 8 nitrogen and oxygen atoms in total. The Morgan fingerprint density at radius 2 is 1.86 bits per heavy atom. The van der Waals surface area contributed by atoms with Gasteiger partial charge in [0.25, 0.3) is 0 Å². The third-order valence-electron chi connectivity index (χ3n) is 5.62. The van der Waals surface area contributed by atoms with Crippen LogP contribution < -0.4 is 11.1 Å². The maximum atomic E-state index is 13.0. The number of carbonyl (C=O) groups is 1. The third kappa shape index (κ3) is 4.76. The zero-order valence-electron chi connectivity index (χ0n) is 19.4. The van der Waals surface area contributed by atoms with Crippen molar-refractivity contribution < 1.29 is 9.21 Å².